The van der Waals surface area contributed by atoms with Crippen LogP contribution in [-0.2, 0) is 6.54 Å². The highest BCUT2D eigenvalue weighted by Crippen LogP contribution is 2.35. The predicted octanol–water partition coefficient (Wildman–Crippen LogP) is 0.624. The summed E-state index contributed by atoms with van der Waals surface area (Å²) in [5.41, 5.74) is 6.60. The molecule has 1 aromatic heterocycles. The summed E-state index contributed by atoms with van der Waals surface area (Å²) >= 11 is 0. The molecule has 2 heterocycles. The Labute approximate surface area is 115 Å². The number of amides is 1. The van der Waals surface area contributed by atoms with Gasteiger partial charge in [0.1, 0.15) is 0 Å². The molecule has 20 heavy (non-hydrogen) atoms. The lowest BCUT2D eigenvalue weighted by atomic mass is 10.1. The molecule has 3 N–H and O–H groups in total. The van der Waals surface area contributed by atoms with Crippen molar-refractivity contribution in [1.82, 2.24) is 15.1 Å². The lowest BCUT2D eigenvalue weighted by Crippen LogP contribution is -2.28. The standard InChI is InChI=1S/C13H14N4O3/c14-10-7-12-11(19-8-20-12)6-9(10)13(18)15-3-5-17-4-1-2-16-17/h1-2,4,6-7H,3,5,8,14H2,(H,15,18). The minimum Gasteiger partial charge on any atom is -0.454 e. The highest BCUT2D eigenvalue weighted by atomic mass is 16.7. The van der Waals surface area contributed by atoms with Crippen molar-refractivity contribution >= 4 is 11.6 Å². The van der Waals surface area contributed by atoms with Crippen LogP contribution in [0.3, 0.4) is 0 Å². The number of rotatable bonds is 4. The van der Waals surface area contributed by atoms with Crippen LogP contribution in [0.1, 0.15) is 10.4 Å². The number of aromatic nitrogens is 2. The van der Waals surface area contributed by atoms with E-state index in [4.69, 9.17) is 15.2 Å². The van der Waals surface area contributed by atoms with Gasteiger partial charge < -0.3 is 20.5 Å². The third-order valence-electron chi connectivity index (χ3n) is 2.98. The Morgan fingerprint density at radius 1 is 1.40 bits per heavy atom. The molecule has 0 saturated heterocycles. The molecule has 0 saturated carbocycles. The van der Waals surface area contributed by atoms with E-state index in [9.17, 15) is 4.79 Å². The van der Waals surface area contributed by atoms with Crippen molar-refractivity contribution in [2.45, 2.75) is 6.54 Å². The molecule has 0 aliphatic carbocycles. The largest absolute Gasteiger partial charge is 0.454 e. The summed E-state index contributed by atoms with van der Waals surface area (Å²) in [6.07, 6.45) is 3.53. The monoisotopic (exact) mass is 274 g/mol. The van der Waals surface area contributed by atoms with Crippen LogP contribution in [-0.4, -0.2) is 29.0 Å². The van der Waals surface area contributed by atoms with Gasteiger partial charge in [-0.15, -0.1) is 0 Å². The van der Waals surface area contributed by atoms with Gasteiger partial charge in [-0.3, -0.25) is 9.48 Å². The zero-order valence-electron chi connectivity index (χ0n) is 10.7. The molecule has 7 heteroatoms. The molecule has 0 unspecified atom stereocenters. The number of benzene rings is 1. The van der Waals surface area contributed by atoms with Gasteiger partial charge in [0.05, 0.1) is 12.1 Å². The first kappa shape index (κ1) is 12.3. The Morgan fingerprint density at radius 3 is 2.95 bits per heavy atom. The maximum Gasteiger partial charge on any atom is 0.253 e. The maximum absolute atomic E-state index is 12.1. The number of nitrogens with one attached hydrogen (secondary N) is 1. The van der Waals surface area contributed by atoms with E-state index >= 15 is 0 Å². The molecule has 1 aliphatic rings. The summed E-state index contributed by atoms with van der Waals surface area (Å²) in [6.45, 7) is 1.22. The summed E-state index contributed by atoms with van der Waals surface area (Å²) in [5, 5.41) is 6.85. The number of hydrogen-bond donors (Lipinski definition) is 2. The van der Waals surface area contributed by atoms with Crippen LogP contribution in [0.4, 0.5) is 5.69 Å². The number of carbonyl (C=O) groups excluding carboxylic acids is 1. The fourth-order valence-corrected chi connectivity index (χ4v) is 1.97. The third-order valence-corrected chi connectivity index (χ3v) is 2.98. The van der Waals surface area contributed by atoms with E-state index < -0.39 is 0 Å². The molecule has 104 valence electrons. The Morgan fingerprint density at radius 2 is 2.20 bits per heavy atom. The molecule has 0 atom stereocenters. The predicted molar refractivity (Wildman–Crippen MR) is 71.5 cm³/mol. The van der Waals surface area contributed by atoms with Crippen LogP contribution in [0.25, 0.3) is 0 Å². The summed E-state index contributed by atoms with van der Waals surface area (Å²) in [6, 6.07) is 5.03. The fraction of sp³-hybridized carbons (Fsp3) is 0.231. The molecule has 0 bridgehead atoms. The van der Waals surface area contributed by atoms with Crippen LogP contribution >= 0.6 is 0 Å². The molecular weight excluding hydrogens is 260 g/mol. The van der Waals surface area contributed by atoms with Crippen molar-refractivity contribution in [1.29, 1.82) is 0 Å². The molecule has 0 fully saturated rings. The number of hydrogen-bond acceptors (Lipinski definition) is 5. The summed E-state index contributed by atoms with van der Waals surface area (Å²) in [5.74, 6) is 0.861. The van der Waals surface area contributed by atoms with Gasteiger partial charge in [-0.2, -0.15) is 5.10 Å². The van der Waals surface area contributed by atoms with Gasteiger partial charge in [-0.1, -0.05) is 0 Å². The molecule has 1 aliphatic heterocycles. The normalized spacial score (nSPS) is 12.4. The van der Waals surface area contributed by atoms with Gasteiger partial charge in [0.15, 0.2) is 11.5 Å². The van der Waals surface area contributed by atoms with E-state index in [1.807, 2.05) is 12.3 Å². The second kappa shape index (κ2) is 5.12. The van der Waals surface area contributed by atoms with Gasteiger partial charge in [0.2, 0.25) is 6.79 Å². The van der Waals surface area contributed by atoms with Crippen LogP contribution in [0, 0.1) is 0 Å². The Kier molecular flexibility index (Phi) is 3.16. The number of anilines is 1. The third kappa shape index (κ3) is 2.37. The summed E-state index contributed by atoms with van der Waals surface area (Å²) in [7, 11) is 0. The van der Waals surface area contributed by atoms with E-state index in [0.29, 0.717) is 35.8 Å². The first-order chi connectivity index (χ1) is 9.74. The van der Waals surface area contributed by atoms with Gasteiger partial charge in [0.25, 0.3) is 5.91 Å². The van der Waals surface area contributed by atoms with Gasteiger partial charge in [-0.25, -0.2) is 0 Å². The lowest BCUT2D eigenvalue weighted by Gasteiger charge is -2.08. The van der Waals surface area contributed by atoms with Crippen molar-refractivity contribution < 1.29 is 14.3 Å². The molecule has 0 spiro atoms. The molecular formula is C13H14N4O3. The highest BCUT2D eigenvalue weighted by Gasteiger charge is 2.19. The van der Waals surface area contributed by atoms with Crippen molar-refractivity contribution in [2.75, 3.05) is 19.1 Å². The van der Waals surface area contributed by atoms with Crippen LogP contribution in [0.2, 0.25) is 0 Å². The Bertz CT molecular complexity index is 625. The minimum absolute atomic E-state index is 0.152. The number of carbonyl (C=O) groups is 1. The SMILES string of the molecule is Nc1cc2c(cc1C(=O)NCCn1cccn1)OCO2. The van der Waals surface area contributed by atoms with Gasteiger partial charge in [-0.05, 0) is 12.1 Å². The topological polar surface area (TPSA) is 91.4 Å². The maximum atomic E-state index is 12.1. The quantitative estimate of drug-likeness (QED) is 0.798. The van der Waals surface area contributed by atoms with Crippen LogP contribution < -0.4 is 20.5 Å². The average molecular weight is 274 g/mol. The summed E-state index contributed by atoms with van der Waals surface area (Å²) in [4.78, 5) is 12.1. The molecule has 1 aromatic carbocycles. The van der Waals surface area contributed by atoms with Gasteiger partial charge >= 0.3 is 0 Å². The molecule has 2 aromatic rings. The van der Waals surface area contributed by atoms with E-state index in [2.05, 4.69) is 10.4 Å². The van der Waals surface area contributed by atoms with Gasteiger partial charge in [0, 0.05) is 30.7 Å². The Hall–Kier alpha value is -2.70. The Balaban J connectivity index is 1.65. The van der Waals surface area contributed by atoms with E-state index in [1.54, 1.807) is 23.0 Å². The van der Waals surface area contributed by atoms with Crippen LogP contribution in [0.15, 0.2) is 30.6 Å². The minimum atomic E-state index is -0.243. The van der Waals surface area contributed by atoms with E-state index in [0.717, 1.165) is 0 Å². The smallest absolute Gasteiger partial charge is 0.253 e. The summed E-state index contributed by atoms with van der Waals surface area (Å²) < 4.78 is 12.2. The number of ether oxygens (including phenoxy) is 2. The zero-order chi connectivity index (χ0) is 13.9. The average Bonchev–Trinajstić information content (AvgIpc) is 3.08. The van der Waals surface area contributed by atoms with Crippen molar-refractivity contribution in [3.05, 3.63) is 36.2 Å². The molecule has 3 rings (SSSR count). The second-order valence-corrected chi connectivity index (χ2v) is 4.32. The fourth-order valence-electron chi connectivity index (χ4n) is 1.97. The number of nitrogens with two attached hydrogens (primary N) is 1. The van der Waals surface area contributed by atoms with Crippen molar-refractivity contribution in [2.24, 2.45) is 0 Å². The zero-order valence-corrected chi connectivity index (χ0v) is 10.7. The first-order valence-corrected chi connectivity index (χ1v) is 6.19. The highest BCUT2D eigenvalue weighted by molar-refractivity contribution is 6.00. The van der Waals surface area contributed by atoms with E-state index in [1.165, 1.54) is 0 Å². The van der Waals surface area contributed by atoms with Crippen LogP contribution in [0.5, 0.6) is 11.5 Å². The molecule has 0 radical (unpaired) electrons. The molecule has 7 nitrogen and oxygen atoms in total. The van der Waals surface area contributed by atoms with Crippen molar-refractivity contribution in [3.8, 4) is 11.5 Å². The van der Waals surface area contributed by atoms with E-state index in [-0.39, 0.29) is 12.7 Å². The number of fused-ring (bicyclic) bond motifs is 1. The van der Waals surface area contributed by atoms with Crippen molar-refractivity contribution in [3.63, 3.8) is 0 Å². The number of nitrogen functional groups attached to an aromatic ring is 1. The molecule has 1 amide bonds. The second-order valence-electron chi connectivity index (χ2n) is 4.32. The lowest BCUT2D eigenvalue weighted by molar-refractivity contribution is 0.0952. The number of nitrogens with zero attached hydrogens (tertiary/aromatic N) is 2. The first-order valence-electron chi connectivity index (χ1n) is 6.19.